The Bertz CT molecular complexity index is 1430. The van der Waals surface area contributed by atoms with Crippen molar-refractivity contribution in [1.29, 1.82) is 0 Å². The van der Waals surface area contributed by atoms with Gasteiger partial charge in [-0.05, 0) is 86.2 Å². The number of para-hydroxylation sites is 1. The Morgan fingerprint density at radius 3 is 2.41 bits per heavy atom. The summed E-state index contributed by atoms with van der Waals surface area (Å²) in [6.45, 7) is 7.90. The number of carbonyl (C=O) groups excluding carboxylic acids is 1. The molecule has 2 N–H and O–H groups in total. The van der Waals surface area contributed by atoms with Gasteiger partial charge in [-0.3, -0.25) is 9.78 Å². The molecule has 0 saturated carbocycles. The maximum atomic E-state index is 12.3. The number of aryl methyl sites for hydroxylation is 2. The molecular formula is C30H31N5OS. The number of aromatic nitrogens is 2. The van der Waals surface area contributed by atoms with Crippen molar-refractivity contribution in [2.45, 2.75) is 39.8 Å². The minimum Gasteiger partial charge on any atom is -0.351 e. The summed E-state index contributed by atoms with van der Waals surface area (Å²) in [4.78, 5) is 19.2. The van der Waals surface area contributed by atoms with E-state index in [1.807, 2.05) is 63.4 Å². The number of pyridine rings is 1. The number of carbonyl (C=O) groups is 1. The van der Waals surface area contributed by atoms with E-state index in [0.29, 0.717) is 5.11 Å². The normalized spacial score (nSPS) is 17.2. The number of hydrogen-bond donors (Lipinski definition) is 2. The van der Waals surface area contributed by atoms with Crippen molar-refractivity contribution in [3.05, 3.63) is 108 Å². The summed E-state index contributed by atoms with van der Waals surface area (Å²) in [6, 6.07) is 26.4. The first-order chi connectivity index (χ1) is 17.8. The van der Waals surface area contributed by atoms with Crippen LogP contribution in [-0.2, 0) is 4.79 Å². The van der Waals surface area contributed by atoms with Crippen LogP contribution >= 0.6 is 12.2 Å². The molecule has 2 aromatic heterocycles. The van der Waals surface area contributed by atoms with Crippen LogP contribution in [0, 0.1) is 19.8 Å². The van der Waals surface area contributed by atoms with Crippen molar-refractivity contribution in [2.75, 3.05) is 10.2 Å². The minimum atomic E-state index is -0.147. The third kappa shape index (κ3) is 4.74. The largest absolute Gasteiger partial charge is 0.351 e. The lowest BCUT2D eigenvalue weighted by Crippen LogP contribution is -2.30. The fourth-order valence-electron chi connectivity index (χ4n) is 4.87. The summed E-state index contributed by atoms with van der Waals surface area (Å²) in [5.41, 5.74) is 7.02. The van der Waals surface area contributed by atoms with Crippen LogP contribution in [0.15, 0.2) is 85.1 Å². The van der Waals surface area contributed by atoms with Crippen LogP contribution in [0.2, 0.25) is 0 Å². The molecule has 0 bridgehead atoms. The van der Waals surface area contributed by atoms with Gasteiger partial charge in [-0.25, -0.2) is 0 Å². The van der Waals surface area contributed by atoms with Crippen LogP contribution in [0.4, 0.5) is 11.4 Å². The quantitative estimate of drug-likeness (QED) is 0.300. The van der Waals surface area contributed by atoms with Crippen molar-refractivity contribution in [1.82, 2.24) is 14.9 Å². The molecule has 0 aliphatic carbocycles. The van der Waals surface area contributed by atoms with Crippen LogP contribution in [0.1, 0.15) is 48.6 Å². The first-order valence-corrected chi connectivity index (χ1v) is 12.9. The highest BCUT2D eigenvalue weighted by Gasteiger charge is 2.42. The van der Waals surface area contributed by atoms with E-state index >= 15 is 0 Å². The maximum absolute atomic E-state index is 12.3. The molecule has 3 heterocycles. The van der Waals surface area contributed by atoms with Crippen molar-refractivity contribution in [2.24, 2.45) is 5.92 Å². The summed E-state index contributed by atoms with van der Waals surface area (Å²) in [5.74, 6) is -0.0922. The van der Waals surface area contributed by atoms with Gasteiger partial charge in [0, 0.05) is 40.6 Å². The molecule has 6 nitrogen and oxygen atoms in total. The zero-order valence-electron chi connectivity index (χ0n) is 21.5. The van der Waals surface area contributed by atoms with E-state index in [-0.39, 0.29) is 23.9 Å². The molecule has 0 radical (unpaired) electrons. The molecule has 1 aliphatic rings. The van der Waals surface area contributed by atoms with Gasteiger partial charge >= 0.3 is 0 Å². The lowest BCUT2D eigenvalue weighted by molar-refractivity contribution is -0.118. The molecule has 1 amide bonds. The average Bonchev–Trinajstić information content (AvgIpc) is 3.45. The van der Waals surface area contributed by atoms with Gasteiger partial charge in [-0.2, -0.15) is 0 Å². The minimum absolute atomic E-state index is 0.00142. The van der Waals surface area contributed by atoms with E-state index in [4.69, 9.17) is 12.2 Å². The Labute approximate surface area is 223 Å². The molecule has 37 heavy (non-hydrogen) atoms. The molecule has 4 aromatic rings. The number of nitrogens with one attached hydrogen (secondary N) is 2. The van der Waals surface area contributed by atoms with Crippen LogP contribution < -0.4 is 15.5 Å². The van der Waals surface area contributed by atoms with Crippen LogP contribution in [0.5, 0.6) is 0 Å². The second-order valence-electron chi connectivity index (χ2n) is 9.71. The zero-order valence-corrected chi connectivity index (χ0v) is 22.3. The predicted molar refractivity (Wildman–Crippen MR) is 153 cm³/mol. The molecular weight excluding hydrogens is 478 g/mol. The highest BCUT2D eigenvalue weighted by Crippen LogP contribution is 2.43. The number of thiocarbonyl (C=S) groups is 1. The zero-order chi connectivity index (χ0) is 26.1. The molecule has 2 atom stereocenters. The Morgan fingerprint density at radius 2 is 1.73 bits per heavy atom. The Balaban J connectivity index is 1.62. The van der Waals surface area contributed by atoms with E-state index in [2.05, 4.69) is 74.5 Å². The monoisotopic (exact) mass is 509 g/mol. The SMILES string of the molecule is Cc1cc(N2C(=S)N[C@H](c3ccccn3)[C@H]2c2ccc(C)n2-c2ccccc2)ccc1NC(=O)C(C)C. The average molecular weight is 510 g/mol. The molecule has 1 saturated heterocycles. The smallest absolute Gasteiger partial charge is 0.226 e. The number of nitrogens with zero attached hydrogens (tertiary/aromatic N) is 3. The van der Waals surface area contributed by atoms with Crippen LogP contribution in [-0.4, -0.2) is 20.6 Å². The molecule has 188 valence electrons. The lowest BCUT2D eigenvalue weighted by Gasteiger charge is -2.30. The first kappa shape index (κ1) is 24.7. The van der Waals surface area contributed by atoms with E-state index in [9.17, 15) is 4.79 Å². The van der Waals surface area contributed by atoms with E-state index in [1.165, 1.54) is 0 Å². The van der Waals surface area contributed by atoms with Gasteiger partial charge in [0.2, 0.25) is 5.91 Å². The molecule has 0 spiro atoms. The third-order valence-electron chi connectivity index (χ3n) is 6.79. The Hall–Kier alpha value is -3.97. The summed E-state index contributed by atoms with van der Waals surface area (Å²) >= 11 is 5.93. The van der Waals surface area contributed by atoms with E-state index in [0.717, 1.165) is 39.7 Å². The standard InChI is InChI=1S/C30H31N5OS/c1-19(2)29(36)32-24-15-14-23(18-20(24)3)35-28(27(33-30(35)37)25-12-8-9-17-31-25)26-16-13-21(4)34(26)22-10-6-5-7-11-22/h5-19,27-28H,1-4H3,(H,32,36)(H,33,37)/t27-,28-/m1/s1. The fourth-order valence-corrected chi connectivity index (χ4v) is 5.21. The van der Waals surface area contributed by atoms with E-state index in [1.54, 1.807) is 0 Å². The lowest BCUT2D eigenvalue weighted by atomic mass is 10.00. The van der Waals surface area contributed by atoms with Crippen LogP contribution in [0.25, 0.3) is 5.69 Å². The molecule has 1 fully saturated rings. The van der Waals surface area contributed by atoms with Crippen molar-refractivity contribution >= 4 is 34.6 Å². The highest BCUT2D eigenvalue weighted by atomic mass is 32.1. The van der Waals surface area contributed by atoms with Crippen molar-refractivity contribution < 1.29 is 4.79 Å². The Morgan fingerprint density at radius 1 is 0.973 bits per heavy atom. The number of benzene rings is 2. The van der Waals surface area contributed by atoms with Gasteiger partial charge < -0.3 is 20.1 Å². The highest BCUT2D eigenvalue weighted by molar-refractivity contribution is 7.80. The number of amides is 1. The molecule has 7 heteroatoms. The second kappa shape index (κ2) is 10.2. The molecule has 1 aliphatic heterocycles. The van der Waals surface area contributed by atoms with Gasteiger partial charge in [0.15, 0.2) is 5.11 Å². The summed E-state index contributed by atoms with van der Waals surface area (Å²) in [5, 5.41) is 7.21. The number of rotatable bonds is 6. The fraction of sp³-hybridized carbons (Fsp3) is 0.233. The van der Waals surface area contributed by atoms with Crippen molar-refractivity contribution in [3.63, 3.8) is 0 Å². The summed E-state index contributed by atoms with van der Waals surface area (Å²) in [6.07, 6.45) is 1.82. The van der Waals surface area contributed by atoms with Crippen molar-refractivity contribution in [3.8, 4) is 5.69 Å². The molecule has 2 aromatic carbocycles. The van der Waals surface area contributed by atoms with E-state index < -0.39 is 0 Å². The second-order valence-corrected chi connectivity index (χ2v) is 10.1. The van der Waals surface area contributed by atoms with Gasteiger partial charge in [0.1, 0.15) is 6.04 Å². The van der Waals surface area contributed by atoms with Gasteiger partial charge in [-0.1, -0.05) is 38.1 Å². The number of anilines is 2. The van der Waals surface area contributed by atoms with Crippen LogP contribution in [0.3, 0.4) is 0 Å². The third-order valence-corrected chi connectivity index (χ3v) is 7.11. The van der Waals surface area contributed by atoms with Gasteiger partial charge in [-0.15, -0.1) is 0 Å². The summed E-state index contributed by atoms with van der Waals surface area (Å²) in [7, 11) is 0. The first-order valence-electron chi connectivity index (χ1n) is 12.5. The number of hydrogen-bond acceptors (Lipinski definition) is 3. The predicted octanol–water partition coefficient (Wildman–Crippen LogP) is 6.26. The van der Waals surface area contributed by atoms with Gasteiger partial charge in [0.05, 0.1) is 11.7 Å². The van der Waals surface area contributed by atoms with Gasteiger partial charge in [0.25, 0.3) is 0 Å². The maximum Gasteiger partial charge on any atom is 0.226 e. The summed E-state index contributed by atoms with van der Waals surface area (Å²) < 4.78 is 2.29. The topological polar surface area (TPSA) is 62.2 Å². The molecule has 5 rings (SSSR count). The Kier molecular flexibility index (Phi) is 6.80. The molecule has 0 unspecified atom stereocenters.